The van der Waals surface area contributed by atoms with Crippen LogP contribution in [0.1, 0.15) is 34.3 Å². The molecule has 1 aromatic heterocycles. The number of alkyl halides is 3. The molecule has 1 fully saturated rings. The number of anilines is 1. The van der Waals surface area contributed by atoms with Crippen LogP contribution in [0.4, 0.5) is 29.5 Å². The second kappa shape index (κ2) is 12.7. The SMILES string of the molecule is O=C([N-]c1c[n+](CC2CCN(CCO)CC2)no1)Nc1cc(C(=O)NCc2ccccc2)cc(C(F)(F)F)c1. The first kappa shape index (κ1) is 28.0. The Labute approximate surface area is 222 Å². The first-order chi connectivity index (χ1) is 18.7. The van der Waals surface area contributed by atoms with Crippen molar-refractivity contribution in [3.63, 3.8) is 0 Å². The van der Waals surface area contributed by atoms with Crippen LogP contribution in [0.3, 0.4) is 0 Å². The summed E-state index contributed by atoms with van der Waals surface area (Å²) >= 11 is 0. The van der Waals surface area contributed by atoms with Gasteiger partial charge in [0, 0.05) is 24.6 Å². The Morgan fingerprint density at radius 2 is 1.90 bits per heavy atom. The number of carbonyl (C=O) groups excluding carboxylic acids is 2. The summed E-state index contributed by atoms with van der Waals surface area (Å²) in [5.74, 6) is -0.498. The first-order valence-electron chi connectivity index (χ1n) is 12.5. The number of aromatic nitrogens is 2. The van der Waals surface area contributed by atoms with Crippen molar-refractivity contribution in [3.8, 4) is 0 Å². The van der Waals surface area contributed by atoms with E-state index in [-0.39, 0.29) is 30.3 Å². The molecule has 0 spiro atoms. The number of carbonyl (C=O) groups is 2. The average Bonchev–Trinajstić information content (AvgIpc) is 3.34. The molecule has 4 rings (SSSR count). The van der Waals surface area contributed by atoms with Crippen molar-refractivity contribution in [1.82, 2.24) is 15.5 Å². The summed E-state index contributed by atoms with van der Waals surface area (Å²) in [6, 6.07) is 10.5. The van der Waals surface area contributed by atoms with Crippen LogP contribution in [0.5, 0.6) is 0 Å². The molecule has 0 saturated carbocycles. The van der Waals surface area contributed by atoms with Gasteiger partial charge < -0.3 is 30.5 Å². The number of nitrogens with zero attached hydrogens (tertiary/aromatic N) is 4. The van der Waals surface area contributed by atoms with Crippen LogP contribution in [0.2, 0.25) is 0 Å². The quantitative estimate of drug-likeness (QED) is 0.350. The highest BCUT2D eigenvalue weighted by atomic mass is 19.4. The van der Waals surface area contributed by atoms with Crippen LogP contribution in [-0.2, 0) is 19.3 Å². The number of aliphatic hydroxyl groups is 1. The second-order valence-electron chi connectivity index (χ2n) is 9.28. The van der Waals surface area contributed by atoms with E-state index >= 15 is 0 Å². The lowest BCUT2D eigenvalue weighted by molar-refractivity contribution is -0.767. The van der Waals surface area contributed by atoms with Gasteiger partial charge in [0.2, 0.25) is 12.1 Å². The number of hydrogen-bond donors (Lipinski definition) is 3. The van der Waals surface area contributed by atoms with Crippen LogP contribution >= 0.6 is 0 Å². The highest BCUT2D eigenvalue weighted by Gasteiger charge is 2.31. The average molecular weight is 547 g/mol. The predicted octanol–water partition coefficient (Wildman–Crippen LogP) is 3.85. The van der Waals surface area contributed by atoms with Crippen molar-refractivity contribution in [2.24, 2.45) is 5.92 Å². The highest BCUT2D eigenvalue weighted by molar-refractivity contribution is 6.04. The maximum absolute atomic E-state index is 13.5. The molecule has 0 radical (unpaired) electrons. The molecule has 0 bridgehead atoms. The number of likely N-dealkylation sites (tertiary alicyclic amines) is 1. The second-order valence-corrected chi connectivity index (χ2v) is 9.28. The Hall–Kier alpha value is -3.97. The van der Waals surface area contributed by atoms with Gasteiger partial charge in [0.1, 0.15) is 0 Å². The van der Waals surface area contributed by atoms with E-state index in [1.54, 1.807) is 30.3 Å². The molecular weight excluding hydrogens is 517 g/mol. The van der Waals surface area contributed by atoms with Gasteiger partial charge in [-0.15, -0.1) is 0 Å². The van der Waals surface area contributed by atoms with Gasteiger partial charge in [-0.2, -0.15) is 13.2 Å². The van der Waals surface area contributed by atoms with Gasteiger partial charge in [-0.1, -0.05) is 35.0 Å². The lowest BCUT2D eigenvalue weighted by Gasteiger charge is -2.29. The molecule has 2 aromatic carbocycles. The molecule has 13 heteroatoms. The Morgan fingerprint density at radius 1 is 1.15 bits per heavy atom. The summed E-state index contributed by atoms with van der Waals surface area (Å²) in [7, 11) is 0. The zero-order chi connectivity index (χ0) is 27.8. The molecule has 2 heterocycles. The van der Waals surface area contributed by atoms with Crippen LogP contribution in [0.25, 0.3) is 5.32 Å². The van der Waals surface area contributed by atoms with E-state index < -0.39 is 23.7 Å². The number of β-amino-alcohol motifs (C(OH)–C–C–N with tert-alkyl or cyclic N) is 1. The van der Waals surface area contributed by atoms with Crippen molar-refractivity contribution in [3.05, 3.63) is 76.7 Å². The fourth-order valence-electron chi connectivity index (χ4n) is 4.33. The maximum Gasteiger partial charge on any atom is 0.416 e. The Bertz CT molecular complexity index is 1260. The molecule has 0 atom stereocenters. The van der Waals surface area contributed by atoms with Crippen molar-refractivity contribution in [1.29, 1.82) is 0 Å². The topological polar surface area (TPSA) is 126 Å². The molecule has 1 saturated heterocycles. The zero-order valence-electron chi connectivity index (χ0n) is 21.0. The Kier molecular flexibility index (Phi) is 9.15. The lowest BCUT2D eigenvalue weighted by Crippen LogP contribution is -2.43. The molecule has 0 aliphatic carbocycles. The van der Waals surface area contributed by atoms with Gasteiger partial charge in [0.15, 0.2) is 17.8 Å². The third-order valence-corrected chi connectivity index (χ3v) is 6.35. The molecule has 3 amide bonds. The van der Waals surface area contributed by atoms with Gasteiger partial charge in [-0.25, -0.2) is 0 Å². The van der Waals surface area contributed by atoms with Gasteiger partial charge in [-0.05, 0) is 55.4 Å². The fraction of sp³-hybridized carbons (Fsp3) is 0.385. The zero-order valence-corrected chi connectivity index (χ0v) is 21.0. The molecule has 0 unspecified atom stereocenters. The monoisotopic (exact) mass is 546 g/mol. The molecular formula is C26H29F3N6O4. The van der Waals surface area contributed by atoms with Crippen molar-refractivity contribution < 1.29 is 37.1 Å². The molecule has 1 aliphatic rings. The van der Waals surface area contributed by atoms with Crippen molar-refractivity contribution in [2.75, 3.05) is 31.6 Å². The van der Waals surface area contributed by atoms with Gasteiger partial charge in [0.05, 0.1) is 12.2 Å². The maximum atomic E-state index is 13.5. The van der Waals surface area contributed by atoms with Crippen LogP contribution < -0.4 is 15.3 Å². The predicted molar refractivity (Wildman–Crippen MR) is 134 cm³/mol. The third-order valence-electron chi connectivity index (χ3n) is 6.35. The molecule has 3 N–H and O–H groups in total. The van der Waals surface area contributed by atoms with Gasteiger partial charge >= 0.3 is 6.18 Å². The number of hydrogen-bond acceptors (Lipinski definition) is 6. The number of amides is 3. The number of urea groups is 1. The summed E-state index contributed by atoms with van der Waals surface area (Å²) in [6.07, 6.45) is -1.46. The van der Waals surface area contributed by atoms with Gasteiger partial charge in [-0.3, -0.25) is 9.59 Å². The highest BCUT2D eigenvalue weighted by Crippen LogP contribution is 2.32. The molecule has 1 aliphatic heterocycles. The van der Waals surface area contributed by atoms with E-state index in [1.807, 2.05) is 0 Å². The number of halogens is 3. The summed E-state index contributed by atoms with van der Waals surface area (Å²) in [6.45, 7) is 3.19. The van der Waals surface area contributed by atoms with Crippen molar-refractivity contribution >= 4 is 23.5 Å². The van der Waals surface area contributed by atoms with Crippen LogP contribution in [0.15, 0.2) is 59.3 Å². The van der Waals surface area contributed by atoms with E-state index in [9.17, 15) is 22.8 Å². The van der Waals surface area contributed by atoms with E-state index in [0.29, 0.717) is 19.0 Å². The number of nitrogens with one attached hydrogen (secondary N) is 2. The minimum Gasteiger partial charge on any atom is -0.424 e. The summed E-state index contributed by atoms with van der Waals surface area (Å²) in [5, 5.41) is 21.5. The number of rotatable bonds is 9. The van der Waals surface area contributed by atoms with Crippen LogP contribution in [0, 0.1) is 5.92 Å². The normalized spacial score (nSPS) is 14.7. The minimum atomic E-state index is -4.74. The Balaban J connectivity index is 1.36. The number of piperidine rings is 1. The fourth-order valence-corrected chi connectivity index (χ4v) is 4.33. The summed E-state index contributed by atoms with van der Waals surface area (Å²) in [5.41, 5.74) is -0.821. The van der Waals surface area contributed by atoms with E-state index in [2.05, 4.69) is 26.1 Å². The standard InChI is InChI=1S/C26H29F3N6O4/c27-26(28,29)21-12-20(24(37)30-15-18-4-2-1-3-5-18)13-22(14-21)31-25(38)32-23-17-35(33-39-23)16-19-6-8-34(9-7-19)10-11-36/h1-5,12-14,17,19,36H,6-11,15-16H2,(H2-,30,31,32,33,37,38). The largest absolute Gasteiger partial charge is 0.424 e. The molecule has 3 aromatic rings. The summed E-state index contributed by atoms with van der Waals surface area (Å²) in [4.78, 5) is 27.2. The van der Waals surface area contributed by atoms with E-state index in [1.165, 1.54) is 10.9 Å². The minimum absolute atomic E-state index is 0.113. The van der Waals surface area contributed by atoms with Gasteiger partial charge in [0.25, 0.3) is 5.91 Å². The first-order valence-corrected chi connectivity index (χ1v) is 12.5. The van der Waals surface area contributed by atoms with Crippen LogP contribution in [-0.4, -0.2) is 53.5 Å². The number of benzene rings is 2. The molecule has 208 valence electrons. The van der Waals surface area contributed by atoms with E-state index in [4.69, 9.17) is 9.63 Å². The lowest BCUT2D eigenvalue weighted by atomic mass is 9.97. The van der Waals surface area contributed by atoms with Crippen molar-refractivity contribution in [2.45, 2.75) is 32.1 Å². The summed E-state index contributed by atoms with van der Waals surface area (Å²) < 4.78 is 47.1. The third kappa shape index (κ3) is 8.26. The number of aliphatic hydroxyl groups excluding tert-OH is 1. The Morgan fingerprint density at radius 3 is 2.59 bits per heavy atom. The molecule has 10 nitrogen and oxygen atoms in total. The smallest absolute Gasteiger partial charge is 0.416 e. The molecule has 39 heavy (non-hydrogen) atoms. The van der Waals surface area contributed by atoms with E-state index in [0.717, 1.165) is 49.7 Å².